The average Bonchev–Trinajstić information content (AvgIpc) is 2.92. The standard InChI is InChI=1S/C17H22N4O3/c1-11-7-16(19-12(2)18-11)21-8-13(9-21)20(3)10-14-5-6-15(24-14)17(22)23-4/h5-7,13H,8-10H2,1-4H3. The van der Waals surface area contributed by atoms with Gasteiger partial charge in [0.2, 0.25) is 5.76 Å². The zero-order valence-corrected chi connectivity index (χ0v) is 14.4. The minimum Gasteiger partial charge on any atom is -0.463 e. The number of hydrogen-bond donors (Lipinski definition) is 0. The van der Waals surface area contributed by atoms with Gasteiger partial charge in [-0.15, -0.1) is 0 Å². The van der Waals surface area contributed by atoms with Crippen LogP contribution in [0, 0.1) is 13.8 Å². The number of esters is 1. The highest BCUT2D eigenvalue weighted by molar-refractivity contribution is 5.86. The van der Waals surface area contributed by atoms with E-state index in [0.29, 0.717) is 12.6 Å². The molecule has 0 bridgehead atoms. The average molecular weight is 330 g/mol. The molecule has 1 aliphatic heterocycles. The third kappa shape index (κ3) is 3.41. The Morgan fingerprint density at radius 2 is 2.12 bits per heavy atom. The topological polar surface area (TPSA) is 71.7 Å². The van der Waals surface area contributed by atoms with E-state index in [1.54, 1.807) is 6.07 Å². The monoisotopic (exact) mass is 330 g/mol. The minimum absolute atomic E-state index is 0.239. The van der Waals surface area contributed by atoms with Gasteiger partial charge in [0.25, 0.3) is 0 Å². The number of furan rings is 1. The van der Waals surface area contributed by atoms with Crippen molar-refractivity contribution in [2.45, 2.75) is 26.4 Å². The Morgan fingerprint density at radius 3 is 2.79 bits per heavy atom. The van der Waals surface area contributed by atoms with Gasteiger partial charge in [-0.1, -0.05) is 0 Å². The third-order valence-electron chi connectivity index (χ3n) is 4.22. The summed E-state index contributed by atoms with van der Waals surface area (Å²) in [4.78, 5) is 24.7. The molecule has 0 saturated carbocycles. The van der Waals surface area contributed by atoms with Crippen LogP contribution in [0.5, 0.6) is 0 Å². The Bertz CT molecular complexity index is 717. The van der Waals surface area contributed by atoms with Crippen LogP contribution in [0.3, 0.4) is 0 Å². The fourth-order valence-corrected chi connectivity index (χ4v) is 2.83. The van der Waals surface area contributed by atoms with Crippen LogP contribution in [0.15, 0.2) is 22.6 Å². The fourth-order valence-electron chi connectivity index (χ4n) is 2.83. The molecule has 3 heterocycles. The first-order valence-corrected chi connectivity index (χ1v) is 7.90. The number of aryl methyl sites for hydroxylation is 2. The molecule has 128 valence electrons. The van der Waals surface area contributed by atoms with Crippen molar-refractivity contribution in [3.8, 4) is 0 Å². The lowest BCUT2D eigenvalue weighted by Crippen LogP contribution is -2.58. The van der Waals surface area contributed by atoms with Crippen LogP contribution < -0.4 is 4.90 Å². The molecule has 1 fully saturated rings. The maximum absolute atomic E-state index is 11.4. The fraction of sp³-hybridized carbons (Fsp3) is 0.471. The summed E-state index contributed by atoms with van der Waals surface area (Å²) < 4.78 is 10.2. The van der Waals surface area contributed by atoms with E-state index in [9.17, 15) is 4.79 Å². The van der Waals surface area contributed by atoms with Gasteiger partial charge in [-0.05, 0) is 33.0 Å². The van der Waals surface area contributed by atoms with Crippen molar-refractivity contribution in [2.75, 3.05) is 32.1 Å². The Kier molecular flexibility index (Phi) is 4.53. The van der Waals surface area contributed by atoms with Crippen LogP contribution in [-0.4, -0.2) is 54.1 Å². The SMILES string of the molecule is COC(=O)c1ccc(CN(C)C2CN(c3cc(C)nc(C)n3)C2)o1. The molecule has 0 N–H and O–H groups in total. The Hall–Kier alpha value is -2.41. The van der Waals surface area contributed by atoms with Crippen LogP contribution in [0.25, 0.3) is 0 Å². The van der Waals surface area contributed by atoms with E-state index < -0.39 is 5.97 Å². The number of methoxy groups -OCH3 is 1. The summed E-state index contributed by atoms with van der Waals surface area (Å²) in [5.41, 5.74) is 0.986. The van der Waals surface area contributed by atoms with Crippen LogP contribution in [-0.2, 0) is 11.3 Å². The second-order valence-electron chi connectivity index (χ2n) is 6.15. The van der Waals surface area contributed by atoms with Gasteiger partial charge in [-0.3, -0.25) is 4.90 Å². The molecule has 2 aromatic rings. The van der Waals surface area contributed by atoms with Crippen molar-refractivity contribution < 1.29 is 13.9 Å². The largest absolute Gasteiger partial charge is 0.463 e. The molecule has 1 aliphatic rings. The highest BCUT2D eigenvalue weighted by Crippen LogP contribution is 2.23. The van der Waals surface area contributed by atoms with Crippen LogP contribution in [0.2, 0.25) is 0 Å². The Labute approximate surface area is 141 Å². The molecular formula is C17H22N4O3. The van der Waals surface area contributed by atoms with E-state index in [4.69, 9.17) is 4.42 Å². The summed E-state index contributed by atoms with van der Waals surface area (Å²) in [5, 5.41) is 0. The Morgan fingerprint density at radius 1 is 1.38 bits per heavy atom. The lowest BCUT2D eigenvalue weighted by atomic mass is 10.1. The van der Waals surface area contributed by atoms with E-state index in [-0.39, 0.29) is 5.76 Å². The number of anilines is 1. The second-order valence-corrected chi connectivity index (χ2v) is 6.15. The molecule has 24 heavy (non-hydrogen) atoms. The zero-order valence-electron chi connectivity index (χ0n) is 14.4. The van der Waals surface area contributed by atoms with Crippen molar-refractivity contribution in [3.05, 3.63) is 41.2 Å². The van der Waals surface area contributed by atoms with E-state index in [1.807, 2.05) is 26.0 Å². The molecule has 7 heteroatoms. The summed E-state index contributed by atoms with van der Waals surface area (Å²) >= 11 is 0. The number of ether oxygens (including phenoxy) is 1. The molecule has 0 amide bonds. The van der Waals surface area contributed by atoms with Crippen LogP contribution >= 0.6 is 0 Å². The molecule has 0 aliphatic carbocycles. The van der Waals surface area contributed by atoms with E-state index in [0.717, 1.165) is 36.2 Å². The number of likely N-dealkylation sites (N-methyl/N-ethyl adjacent to an activating group) is 1. The number of aromatic nitrogens is 2. The van der Waals surface area contributed by atoms with Crippen molar-refractivity contribution in [1.29, 1.82) is 0 Å². The highest BCUT2D eigenvalue weighted by atomic mass is 16.5. The zero-order chi connectivity index (χ0) is 17.3. The van der Waals surface area contributed by atoms with E-state index in [2.05, 4.69) is 31.6 Å². The number of carbonyl (C=O) groups is 1. The molecule has 0 atom stereocenters. The lowest BCUT2D eigenvalue weighted by molar-refractivity contribution is 0.0560. The predicted octanol–water partition coefficient (Wildman–Crippen LogP) is 1.79. The molecule has 2 aromatic heterocycles. The number of hydrogen-bond acceptors (Lipinski definition) is 7. The molecule has 0 spiro atoms. The normalized spacial score (nSPS) is 14.8. The predicted molar refractivity (Wildman–Crippen MR) is 89.0 cm³/mol. The van der Waals surface area contributed by atoms with Crippen LogP contribution in [0.4, 0.5) is 5.82 Å². The van der Waals surface area contributed by atoms with Crippen molar-refractivity contribution >= 4 is 11.8 Å². The summed E-state index contributed by atoms with van der Waals surface area (Å²) in [5.74, 6) is 2.32. The number of rotatable bonds is 5. The summed E-state index contributed by atoms with van der Waals surface area (Å²) in [6, 6.07) is 5.90. The van der Waals surface area contributed by atoms with Crippen molar-refractivity contribution in [1.82, 2.24) is 14.9 Å². The first kappa shape index (κ1) is 16.4. The summed E-state index contributed by atoms with van der Waals surface area (Å²) in [7, 11) is 3.40. The van der Waals surface area contributed by atoms with Gasteiger partial charge in [0.05, 0.1) is 13.7 Å². The Balaban J connectivity index is 1.55. The quantitative estimate of drug-likeness (QED) is 0.774. The molecule has 0 aromatic carbocycles. The summed E-state index contributed by atoms with van der Waals surface area (Å²) in [6.45, 7) is 6.37. The molecule has 3 rings (SSSR count). The molecule has 1 saturated heterocycles. The van der Waals surface area contributed by atoms with Gasteiger partial charge >= 0.3 is 5.97 Å². The van der Waals surface area contributed by atoms with Crippen molar-refractivity contribution in [2.24, 2.45) is 0 Å². The molecule has 0 unspecified atom stereocenters. The summed E-state index contributed by atoms with van der Waals surface area (Å²) in [6.07, 6.45) is 0. The lowest BCUT2D eigenvalue weighted by Gasteiger charge is -2.44. The van der Waals surface area contributed by atoms with E-state index in [1.165, 1.54) is 7.11 Å². The van der Waals surface area contributed by atoms with Gasteiger partial charge in [-0.25, -0.2) is 14.8 Å². The molecule has 0 radical (unpaired) electrons. The maximum Gasteiger partial charge on any atom is 0.373 e. The molecular weight excluding hydrogens is 308 g/mol. The van der Waals surface area contributed by atoms with Gasteiger partial charge in [0.15, 0.2) is 0 Å². The highest BCUT2D eigenvalue weighted by Gasteiger charge is 2.31. The maximum atomic E-state index is 11.4. The van der Waals surface area contributed by atoms with Gasteiger partial charge < -0.3 is 14.1 Å². The first-order chi connectivity index (χ1) is 11.5. The van der Waals surface area contributed by atoms with Gasteiger partial charge in [-0.2, -0.15) is 0 Å². The van der Waals surface area contributed by atoms with Crippen molar-refractivity contribution in [3.63, 3.8) is 0 Å². The van der Waals surface area contributed by atoms with E-state index >= 15 is 0 Å². The third-order valence-corrected chi connectivity index (χ3v) is 4.22. The smallest absolute Gasteiger partial charge is 0.373 e. The minimum atomic E-state index is -0.451. The van der Waals surface area contributed by atoms with Crippen LogP contribution in [0.1, 0.15) is 27.8 Å². The number of carbonyl (C=O) groups excluding carboxylic acids is 1. The molecule has 7 nitrogen and oxygen atoms in total. The number of nitrogens with zero attached hydrogens (tertiary/aromatic N) is 4. The second kappa shape index (κ2) is 6.60. The van der Waals surface area contributed by atoms with Gasteiger partial charge in [0.1, 0.15) is 17.4 Å². The van der Waals surface area contributed by atoms with Gasteiger partial charge in [0, 0.05) is 30.9 Å². The first-order valence-electron chi connectivity index (χ1n) is 7.90.